The highest BCUT2D eigenvalue weighted by Gasteiger charge is 1.98. The smallest absolute Gasteiger partial charge is 0.150 e. The zero-order chi connectivity index (χ0) is 8.97. The van der Waals surface area contributed by atoms with E-state index in [0.29, 0.717) is 23.2 Å². The van der Waals surface area contributed by atoms with Gasteiger partial charge in [0.05, 0.1) is 18.7 Å². The molecule has 12 heavy (non-hydrogen) atoms. The van der Waals surface area contributed by atoms with E-state index in [0.717, 1.165) is 0 Å². The van der Waals surface area contributed by atoms with E-state index in [4.69, 9.17) is 10.00 Å². The van der Waals surface area contributed by atoms with E-state index in [1.54, 1.807) is 12.1 Å². The molecule has 3 nitrogen and oxygen atoms in total. The number of nitrogens with zero attached hydrogens (tertiary/aromatic N) is 1. The van der Waals surface area contributed by atoms with Crippen LogP contribution >= 0.6 is 0 Å². The summed E-state index contributed by atoms with van der Waals surface area (Å²) in [5.41, 5.74) is 0.877. The Morgan fingerprint density at radius 3 is 2.75 bits per heavy atom. The molecule has 0 aromatic heterocycles. The lowest BCUT2D eigenvalue weighted by Gasteiger charge is -1.99. The predicted octanol–water partition coefficient (Wildman–Crippen LogP) is 1.38. The molecule has 0 saturated carbocycles. The van der Waals surface area contributed by atoms with Crippen LogP contribution in [0.5, 0.6) is 5.75 Å². The van der Waals surface area contributed by atoms with Crippen LogP contribution in [0.25, 0.3) is 0 Å². The number of benzene rings is 1. The Labute approximate surface area is 70.2 Å². The van der Waals surface area contributed by atoms with Crippen LogP contribution in [0.4, 0.5) is 0 Å². The van der Waals surface area contributed by atoms with Crippen LogP contribution in [-0.2, 0) is 0 Å². The standard InChI is InChI=1S/C9H7NO2/c1-12-9-3-7(5-10)2-8(4-9)6-11/h2-4,6H,1H3. The first-order valence-electron chi connectivity index (χ1n) is 3.34. The van der Waals surface area contributed by atoms with Crippen LogP contribution in [0.15, 0.2) is 18.2 Å². The number of hydrogen-bond donors (Lipinski definition) is 0. The third-order valence-electron chi connectivity index (χ3n) is 1.43. The minimum Gasteiger partial charge on any atom is -0.497 e. The number of rotatable bonds is 2. The zero-order valence-corrected chi connectivity index (χ0v) is 6.57. The molecule has 0 bridgehead atoms. The van der Waals surface area contributed by atoms with Gasteiger partial charge in [-0.05, 0) is 18.2 Å². The summed E-state index contributed by atoms with van der Waals surface area (Å²) in [7, 11) is 1.49. The van der Waals surface area contributed by atoms with Gasteiger partial charge in [-0.1, -0.05) is 0 Å². The first kappa shape index (κ1) is 8.28. The van der Waals surface area contributed by atoms with Crippen molar-refractivity contribution in [2.24, 2.45) is 0 Å². The van der Waals surface area contributed by atoms with E-state index in [1.165, 1.54) is 13.2 Å². The molecule has 0 spiro atoms. The molecule has 0 saturated heterocycles. The summed E-state index contributed by atoms with van der Waals surface area (Å²) >= 11 is 0. The molecular weight excluding hydrogens is 154 g/mol. The molecule has 0 heterocycles. The SMILES string of the molecule is COc1cc(C#N)cc(C=O)c1. The minimum absolute atomic E-state index is 0.427. The highest BCUT2D eigenvalue weighted by molar-refractivity contribution is 5.76. The minimum atomic E-state index is 0.427. The predicted molar refractivity (Wildman–Crippen MR) is 43.1 cm³/mol. The second kappa shape index (κ2) is 3.54. The lowest BCUT2D eigenvalue weighted by molar-refractivity contribution is 0.112. The first-order chi connectivity index (χ1) is 5.80. The molecular formula is C9H7NO2. The maximum Gasteiger partial charge on any atom is 0.150 e. The maximum absolute atomic E-state index is 10.4. The van der Waals surface area contributed by atoms with Gasteiger partial charge in [-0.2, -0.15) is 5.26 Å². The van der Waals surface area contributed by atoms with Crippen LogP contribution in [-0.4, -0.2) is 13.4 Å². The molecule has 0 aliphatic heterocycles. The second-order valence-electron chi connectivity index (χ2n) is 2.22. The Morgan fingerprint density at radius 2 is 2.25 bits per heavy atom. The molecule has 0 aliphatic carbocycles. The Morgan fingerprint density at radius 1 is 1.50 bits per heavy atom. The summed E-state index contributed by atoms with van der Waals surface area (Å²) in [6, 6.07) is 6.60. The van der Waals surface area contributed by atoms with Gasteiger partial charge in [0, 0.05) is 5.56 Å². The molecule has 0 amide bonds. The van der Waals surface area contributed by atoms with Gasteiger partial charge in [0.1, 0.15) is 12.0 Å². The molecule has 0 N–H and O–H groups in total. The topological polar surface area (TPSA) is 50.1 Å². The molecule has 1 rings (SSSR count). The third kappa shape index (κ3) is 1.61. The van der Waals surface area contributed by atoms with Crippen molar-refractivity contribution in [2.75, 3.05) is 7.11 Å². The summed E-state index contributed by atoms with van der Waals surface area (Å²) in [6.07, 6.45) is 0.684. The number of ether oxygens (including phenoxy) is 1. The zero-order valence-electron chi connectivity index (χ0n) is 6.57. The molecule has 1 aromatic rings. The molecule has 0 fully saturated rings. The summed E-state index contributed by atoms with van der Waals surface area (Å²) in [5.74, 6) is 0.524. The van der Waals surface area contributed by atoms with Crippen molar-refractivity contribution >= 4 is 6.29 Å². The monoisotopic (exact) mass is 161 g/mol. The van der Waals surface area contributed by atoms with Gasteiger partial charge < -0.3 is 4.74 Å². The maximum atomic E-state index is 10.4. The van der Waals surface area contributed by atoms with Crippen molar-refractivity contribution in [3.63, 3.8) is 0 Å². The van der Waals surface area contributed by atoms with Crippen LogP contribution < -0.4 is 4.74 Å². The Hall–Kier alpha value is -1.82. The number of nitriles is 1. The number of carbonyl (C=O) groups excluding carboxylic acids is 1. The lowest BCUT2D eigenvalue weighted by Crippen LogP contribution is -1.87. The lowest BCUT2D eigenvalue weighted by atomic mass is 10.1. The van der Waals surface area contributed by atoms with E-state index in [9.17, 15) is 4.79 Å². The van der Waals surface area contributed by atoms with Gasteiger partial charge >= 0.3 is 0 Å². The van der Waals surface area contributed by atoms with E-state index in [-0.39, 0.29) is 0 Å². The fraction of sp³-hybridized carbons (Fsp3) is 0.111. The largest absolute Gasteiger partial charge is 0.497 e. The van der Waals surface area contributed by atoms with Crippen LogP contribution in [0, 0.1) is 11.3 Å². The van der Waals surface area contributed by atoms with E-state index in [1.807, 2.05) is 6.07 Å². The molecule has 1 aromatic carbocycles. The highest BCUT2D eigenvalue weighted by Crippen LogP contribution is 2.14. The van der Waals surface area contributed by atoms with E-state index in [2.05, 4.69) is 0 Å². The fourth-order valence-electron chi connectivity index (χ4n) is 0.873. The van der Waals surface area contributed by atoms with Gasteiger partial charge in [-0.25, -0.2) is 0 Å². The van der Waals surface area contributed by atoms with Crippen LogP contribution in [0.3, 0.4) is 0 Å². The van der Waals surface area contributed by atoms with Gasteiger partial charge in [0.2, 0.25) is 0 Å². The quantitative estimate of drug-likeness (QED) is 0.615. The Bertz CT molecular complexity index is 339. The van der Waals surface area contributed by atoms with E-state index < -0.39 is 0 Å². The van der Waals surface area contributed by atoms with Gasteiger partial charge in [0.15, 0.2) is 0 Å². The summed E-state index contributed by atoms with van der Waals surface area (Å²) in [6.45, 7) is 0. The average Bonchev–Trinajstić information content (AvgIpc) is 2.16. The van der Waals surface area contributed by atoms with Gasteiger partial charge in [-0.3, -0.25) is 4.79 Å². The van der Waals surface area contributed by atoms with Crippen LogP contribution in [0.1, 0.15) is 15.9 Å². The Balaban J connectivity index is 3.21. The highest BCUT2D eigenvalue weighted by atomic mass is 16.5. The van der Waals surface area contributed by atoms with Crippen molar-refractivity contribution in [3.05, 3.63) is 29.3 Å². The normalized spacial score (nSPS) is 8.67. The molecule has 0 radical (unpaired) electrons. The van der Waals surface area contributed by atoms with E-state index >= 15 is 0 Å². The van der Waals surface area contributed by atoms with Crippen molar-refractivity contribution in [2.45, 2.75) is 0 Å². The molecule has 60 valence electrons. The average molecular weight is 161 g/mol. The second-order valence-corrected chi connectivity index (χ2v) is 2.22. The molecule has 0 aliphatic rings. The van der Waals surface area contributed by atoms with Crippen molar-refractivity contribution in [1.82, 2.24) is 0 Å². The van der Waals surface area contributed by atoms with Crippen molar-refractivity contribution in [1.29, 1.82) is 5.26 Å². The Kier molecular flexibility index (Phi) is 2.44. The number of hydrogen-bond acceptors (Lipinski definition) is 3. The number of methoxy groups -OCH3 is 1. The van der Waals surface area contributed by atoms with Gasteiger partial charge in [0.25, 0.3) is 0 Å². The van der Waals surface area contributed by atoms with Gasteiger partial charge in [-0.15, -0.1) is 0 Å². The summed E-state index contributed by atoms with van der Waals surface area (Å²) in [5, 5.41) is 8.56. The fourth-order valence-corrected chi connectivity index (χ4v) is 0.873. The molecule has 3 heteroatoms. The van der Waals surface area contributed by atoms with Crippen molar-refractivity contribution in [3.8, 4) is 11.8 Å². The molecule has 0 atom stereocenters. The number of carbonyl (C=O) groups is 1. The summed E-state index contributed by atoms with van der Waals surface area (Å²) in [4.78, 5) is 10.4. The van der Waals surface area contributed by atoms with Crippen molar-refractivity contribution < 1.29 is 9.53 Å². The first-order valence-corrected chi connectivity index (χ1v) is 3.34. The summed E-state index contributed by atoms with van der Waals surface area (Å²) < 4.78 is 4.89. The number of aldehydes is 1. The van der Waals surface area contributed by atoms with Crippen LogP contribution in [0.2, 0.25) is 0 Å². The third-order valence-corrected chi connectivity index (χ3v) is 1.43. The molecule has 0 unspecified atom stereocenters.